The van der Waals surface area contributed by atoms with Crippen LogP contribution in [0.5, 0.6) is 5.75 Å². The van der Waals surface area contributed by atoms with Gasteiger partial charge < -0.3 is 15.0 Å². The van der Waals surface area contributed by atoms with Crippen molar-refractivity contribution in [1.82, 2.24) is 25.2 Å². The monoisotopic (exact) mass is 405 g/mol. The fourth-order valence-corrected chi connectivity index (χ4v) is 3.17. The average Bonchev–Trinajstić information content (AvgIpc) is 3.20. The third kappa shape index (κ3) is 5.78. The van der Waals surface area contributed by atoms with Gasteiger partial charge in [0.1, 0.15) is 11.4 Å². The van der Waals surface area contributed by atoms with Crippen LogP contribution in [0.1, 0.15) is 22.9 Å². The van der Waals surface area contributed by atoms with Crippen molar-refractivity contribution in [3.05, 3.63) is 83.7 Å². The molecule has 1 N–H and O–H groups in total. The molecule has 156 valence electrons. The van der Waals surface area contributed by atoms with E-state index in [9.17, 15) is 4.79 Å². The Balaban J connectivity index is 1.57. The molecule has 7 nitrogen and oxygen atoms in total. The molecule has 30 heavy (non-hydrogen) atoms. The summed E-state index contributed by atoms with van der Waals surface area (Å²) >= 11 is 0. The highest BCUT2D eigenvalue weighted by molar-refractivity contribution is 5.91. The van der Waals surface area contributed by atoms with Crippen LogP contribution in [0.3, 0.4) is 0 Å². The van der Waals surface area contributed by atoms with Gasteiger partial charge in [0, 0.05) is 18.2 Å². The molecule has 0 saturated heterocycles. The molecule has 3 rings (SSSR count). The summed E-state index contributed by atoms with van der Waals surface area (Å²) in [6.07, 6.45) is 4.96. The third-order valence-electron chi connectivity index (χ3n) is 4.74. The quantitative estimate of drug-likeness (QED) is 0.554. The first kappa shape index (κ1) is 21.3. The largest absolute Gasteiger partial charge is 0.496 e. The SMILES string of the molecule is COc1ccccc1[C@H](CNC(=O)/C=C/c1cn(Cc2ccccc2)nn1)N(C)C. The maximum absolute atomic E-state index is 12.3. The van der Waals surface area contributed by atoms with Crippen molar-refractivity contribution < 1.29 is 9.53 Å². The Bertz CT molecular complexity index is 982. The Morgan fingerprint density at radius 3 is 2.63 bits per heavy atom. The zero-order valence-corrected chi connectivity index (χ0v) is 17.5. The van der Waals surface area contributed by atoms with Crippen molar-refractivity contribution in [1.29, 1.82) is 0 Å². The lowest BCUT2D eigenvalue weighted by atomic mass is 10.0. The fourth-order valence-electron chi connectivity index (χ4n) is 3.17. The molecule has 2 aromatic carbocycles. The summed E-state index contributed by atoms with van der Waals surface area (Å²) in [7, 11) is 5.60. The van der Waals surface area contributed by atoms with E-state index in [2.05, 4.69) is 20.5 Å². The van der Waals surface area contributed by atoms with Crippen molar-refractivity contribution in [3.63, 3.8) is 0 Å². The number of hydrogen-bond donors (Lipinski definition) is 1. The number of amides is 1. The number of aromatic nitrogens is 3. The summed E-state index contributed by atoms with van der Waals surface area (Å²) in [4.78, 5) is 14.4. The highest BCUT2D eigenvalue weighted by atomic mass is 16.5. The molecule has 0 aliphatic heterocycles. The zero-order chi connectivity index (χ0) is 21.3. The van der Waals surface area contributed by atoms with Crippen LogP contribution in [-0.2, 0) is 11.3 Å². The van der Waals surface area contributed by atoms with E-state index in [4.69, 9.17) is 4.74 Å². The van der Waals surface area contributed by atoms with Gasteiger partial charge in [-0.15, -0.1) is 5.10 Å². The van der Waals surface area contributed by atoms with Crippen LogP contribution in [0.25, 0.3) is 6.08 Å². The lowest BCUT2D eigenvalue weighted by Crippen LogP contribution is -2.33. The van der Waals surface area contributed by atoms with Crippen LogP contribution in [0.2, 0.25) is 0 Å². The van der Waals surface area contributed by atoms with Crippen LogP contribution in [0, 0.1) is 0 Å². The molecule has 3 aromatic rings. The number of methoxy groups -OCH3 is 1. The molecule has 1 heterocycles. The van der Waals surface area contributed by atoms with Crippen LogP contribution in [0.4, 0.5) is 0 Å². The molecule has 7 heteroatoms. The second-order valence-corrected chi connectivity index (χ2v) is 7.13. The minimum absolute atomic E-state index is 0.00903. The Morgan fingerprint density at radius 2 is 1.90 bits per heavy atom. The van der Waals surface area contributed by atoms with E-state index in [0.29, 0.717) is 18.8 Å². The van der Waals surface area contributed by atoms with Gasteiger partial charge in [-0.2, -0.15) is 0 Å². The number of para-hydroxylation sites is 1. The van der Waals surface area contributed by atoms with Gasteiger partial charge in [0.15, 0.2) is 0 Å². The first-order valence-electron chi connectivity index (χ1n) is 9.76. The molecule has 0 aliphatic rings. The van der Waals surface area contributed by atoms with Crippen molar-refractivity contribution in [2.45, 2.75) is 12.6 Å². The lowest BCUT2D eigenvalue weighted by Gasteiger charge is -2.26. The topological polar surface area (TPSA) is 72.3 Å². The number of likely N-dealkylation sites (N-methyl/N-ethyl adjacent to an activating group) is 1. The number of carbonyl (C=O) groups excluding carboxylic acids is 1. The summed E-state index contributed by atoms with van der Waals surface area (Å²) in [6.45, 7) is 1.09. The summed E-state index contributed by atoms with van der Waals surface area (Å²) in [5.41, 5.74) is 2.80. The normalized spacial score (nSPS) is 12.3. The van der Waals surface area contributed by atoms with E-state index in [1.165, 1.54) is 6.08 Å². The summed E-state index contributed by atoms with van der Waals surface area (Å²) in [5.74, 6) is 0.616. The predicted octanol–water partition coefficient (Wildman–Crippen LogP) is 2.77. The van der Waals surface area contributed by atoms with Crippen molar-refractivity contribution in [2.24, 2.45) is 0 Å². The second-order valence-electron chi connectivity index (χ2n) is 7.13. The highest BCUT2D eigenvalue weighted by Gasteiger charge is 2.18. The molecule has 0 unspecified atom stereocenters. The minimum Gasteiger partial charge on any atom is -0.496 e. The third-order valence-corrected chi connectivity index (χ3v) is 4.74. The average molecular weight is 406 g/mol. The molecule has 1 aromatic heterocycles. The van der Waals surface area contributed by atoms with Gasteiger partial charge in [0.2, 0.25) is 5.91 Å². The van der Waals surface area contributed by atoms with Crippen LogP contribution in [0.15, 0.2) is 66.9 Å². The highest BCUT2D eigenvalue weighted by Crippen LogP contribution is 2.27. The van der Waals surface area contributed by atoms with E-state index < -0.39 is 0 Å². The summed E-state index contributed by atoms with van der Waals surface area (Å²) < 4.78 is 7.21. The molecule has 0 aliphatic carbocycles. The van der Waals surface area contributed by atoms with Gasteiger partial charge in [-0.05, 0) is 31.8 Å². The van der Waals surface area contributed by atoms with E-state index >= 15 is 0 Å². The number of benzene rings is 2. The fraction of sp³-hybridized carbons (Fsp3) is 0.261. The first-order chi connectivity index (χ1) is 14.6. The number of nitrogens with one attached hydrogen (secondary N) is 1. The number of nitrogens with zero attached hydrogens (tertiary/aromatic N) is 4. The van der Waals surface area contributed by atoms with Gasteiger partial charge >= 0.3 is 0 Å². The standard InChI is InChI=1S/C23H27N5O2/c1-27(2)21(20-11-7-8-12-22(20)30-3)15-24-23(29)14-13-19-17-28(26-25-19)16-18-9-5-4-6-10-18/h4-14,17,21H,15-16H2,1-3H3,(H,24,29)/b14-13+/t21-/m0/s1. The van der Waals surface area contributed by atoms with Crippen LogP contribution < -0.4 is 10.1 Å². The van der Waals surface area contributed by atoms with Crippen LogP contribution >= 0.6 is 0 Å². The maximum atomic E-state index is 12.3. The predicted molar refractivity (Wildman–Crippen MR) is 117 cm³/mol. The molecule has 0 spiro atoms. The Hall–Kier alpha value is -3.45. The minimum atomic E-state index is -0.186. The van der Waals surface area contributed by atoms with E-state index in [1.807, 2.05) is 74.9 Å². The van der Waals surface area contributed by atoms with Crippen LogP contribution in [-0.4, -0.2) is 53.6 Å². The number of rotatable bonds is 9. The molecule has 0 saturated carbocycles. The molecule has 0 fully saturated rings. The maximum Gasteiger partial charge on any atom is 0.244 e. The number of hydrogen-bond acceptors (Lipinski definition) is 5. The number of ether oxygens (including phenoxy) is 1. The Kier molecular flexibility index (Phi) is 7.34. The second kappa shape index (κ2) is 10.4. The summed E-state index contributed by atoms with van der Waals surface area (Å²) in [6, 6.07) is 17.9. The van der Waals surface area contributed by atoms with Crippen molar-refractivity contribution in [3.8, 4) is 5.75 Å². The van der Waals surface area contributed by atoms with E-state index in [-0.39, 0.29) is 11.9 Å². The molecule has 0 radical (unpaired) electrons. The molecular weight excluding hydrogens is 378 g/mol. The smallest absolute Gasteiger partial charge is 0.244 e. The number of carbonyl (C=O) groups is 1. The van der Waals surface area contributed by atoms with Gasteiger partial charge in [0.25, 0.3) is 0 Å². The van der Waals surface area contributed by atoms with E-state index in [0.717, 1.165) is 16.9 Å². The van der Waals surface area contributed by atoms with Gasteiger partial charge in [0.05, 0.1) is 25.9 Å². The Morgan fingerprint density at radius 1 is 1.17 bits per heavy atom. The van der Waals surface area contributed by atoms with Gasteiger partial charge in [-0.25, -0.2) is 4.68 Å². The molecule has 1 amide bonds. The van der Waals surface area contributed by atoms with Gasteiger partial charge in [-0.3, -0.25) is 4.79 Å². The Labute approximate surface area is 177 Å². The van der Waals surface area contributed by atoms with Gasteiger partial charge in [-0.1, -0.05) is 53.7 Å². The van der Waals surface area contributed by atoms with Crippen molar-refractivity contribution in [2.75, 3.05) is 27.7 Å². The molecule has 1 atom stereocenters. The molecule has 0 bridgehead atoms. The van der Waals surface area contributed by atoms with Crippen molar-refractivity contribution >= 4 is 12.0 Å². The first-order valence-corrected chi connectivity index (χ1v) is 9.76. The zero-order valence-electron chi connectivity index (χ0n) is 17.5. The molecular formula is C23H27N5O2. The summed E-state index contributed by atoms with van der Waals surface area (Å²) in [5, 5.41) is 11.2. The lowest BCUT2D eigenvalue weighted by molar-refractivity contribution is -0.116. The van der Waals surface area contributed by atoms with E-state index in [1.54, 1.807) is 17.9 Å².